The summed E-state index contributed by atoms with van der Waals surface area (Å²) in [6.45, 7) is 0.446. The van der Waals surface area contributed by atoms with Crippen molar-refractivity contribution in [1.29, 1.82) is 0 Å². The zero-order valence-corrected chi connectivity index (χ0v) is 10.0. The normalized spacial score (nSPS) is 36.4. The summed E-state index contributed by atoms with van der Waals surface area (Å²) in [6.07, 6.45) is -4.71. The van der Waals surface area contributed by atoms with Crippen molar-refractivity contribution < 1.29 is 34.7 Å². The van der Waals surface area contributed by atoms with Crippen molar-refractivity contribution in [2.24, 2.45) is 0 Å². The Morgan fingerprint density at radius 1 is 1.33 bits per heavy atom. The smallest absolute Gasteiger partial charge is 0.217 e. The standard InChI is InChI=1S/C10H19NO7/c1-5(14)11-7-9(16)8(15)6(4-13)18-10(7)17-3-2-12/h6-10,12-13,15-16H,2-4H2,1H3,(H,11,14)/t6-,7-,8+,9-,10?/m1/s1. The first-order chi connectivity index (χ1) is 8.51. The molecule has 8 heteroatoms. The molecule has 0 saturated carbocycles. The third-order valence-electron chi connectivity index (χ3n) is 2.62. The average molecular weight is 265 g/mol. The van der Waals surface area contributed by atoms with E-state index >= 15 is 0 Å². The molecule has 0 aliphatic carbocycles. The van der Waals surface area contributed by atoms with Crippen molar-refractivity contribution in [2.75, 3.05) is 19.8 Å². The van der Waals surface area contributed by atoms with Crippen LogP contribution >= 0.6 is 0 Å². The minimum Gasteiger partial charge on any atom is -0.394 e. The number of ether oxygens (including phenoxy) is 2. The Labute approximate surface area is 104 Å². The van der Waals surface area contributed by atoms with E-state index in [2.05, 4.69) is 5.32 Å². The highest BCUT2D eigenvalue weighted by Crippen LogP contribution is 2.22. The highest BCUT2D eigenvalue weighted by molar-refractivity contribution is 5.73. The number of rotatable bonds is 5. The second-order valence-electron chi connectivity index (χ2n) is 4.03. The quantitative estimate of drug-likeness (QED) is 0.357. The van der Waals surface area contributed by atoms with Gasteiger partial charge in [-0.15, -0.1) is 0 Å². The van der Waals surface area contributed by atoms with Crippen molar-refractivity contribution in [1.82, 2.24) is 5.32 Å². The molecule has 0 spiro atoms. The molecule has 0 radical (unpaired) electrons. The molecule has 106 valence electrons. The lowest BCUT2D eigenvalue weighted by atomic mass is 9.97. The van der Waals surface area contributed by atoms with E-state index in [1.54, 1.807) is 0 Å². The molecule has 0 aromatic carbocycles. The van der Waals surface area contributed by atoms with Gasteiger partial charge in [0.15, 0.2) is 6.29 Å². The number of nitrogens with one attached hydrogen (secondary N) is 1. The minimum absolute atomic E-state index is 0.0539. The molecule has 1 amide bonds. The summed E-state index contributed by atoms with van der Waals surface area (Å²) in [5, 5.41) is 39.6. The van der Waals surface area contributed by atoms with Gasteiger partial charge >= 0.3 is 0 Å². The van der Waals surface area contributed by atoms with Gasteiger partial charge in [0.1, 0.15) is 24.4 Å². The molecule has 8 nitrogen and oxygen atoms in total. The topological polar surface area (TPSA) is 128 Å². The molecule has 1 saturated heterocycles. The van der Waals surface area contributed by atoms with E-state index in [0.29, 0.717) is 0 Å². The number of carbonyl (C=O) groups excluding carboxylic acids is 1. The summed E-state index contributed by atoms with van der Waals surface area (Å²) in [4.78, 5) is 11.0. The lowest BCUT2D eigenvalue weighted by Crippen LogP contribution is -2.64. The first-order valence-corrected chi connectivity index (χ1v) is 5.63. The van der Waals surface area contributed by atoms with E-state index in [1.165, 1.54) is 6.92 Å². The Morgan fingerprint density at radius 2 is 2.00 bits per heavy atom. The molecule has 18 heavy (non-hydrogen) atoms. The molecule has 1 heterocycles. The third kappa shape index (κ3) is 3.61. The number of aliphatic hydroxyl groups is 4. The van der Waals surface area contributed by atoms with Crippen LogP contribution in [-0.4, -0.2) is 76.8 Å². The predicted molar refractivity (Wildman–Crippen MR) is 58.4 cm³/mol. The van der Waals surface area contributed by atoms with Crippen LogP contribution in [0.25, 0.3) is 0 Å². The van der Waals surface area contributed by atoms with Gasteiger partial charge in [-0.3, -0.25) is 4.79 Å². The Balaban J connectivity index is 2.76. The van der Waals surface area contributed by atoms with Gasteiger partial charge in [-0.2, -0.15) is 0 Å². The molecule has 1 fully saturated rings. The number of hydrogen-bond donors (Lipinski definition) is 5. The molecule has 5 atom stereocenters. The third-order valence-corrected chi connectivity index (χ3v) is 2.62. The molecular formula is C10H19NO7. The molecule has 0 bridgehead atoms. The lowest BCUT2D eigenvalue weighted by Gasteiger charge is -2.42. The molecule has 1 unspecified atom stereocenters. The number of carbonyl (C=O) groups is 1. The van der Waals surface area contributed by atoms with Crippen LogP contribution in [0.5, 0.6) is 0 Å². The molecule has 1 rings (SSSR count). The maximum absolute atomic E-state index is 11.0. The molecule has 1 aliphatic heterocycles. The second kappa shape index (κ2) is 6.98. The Hall–Kier alpha value is -0.770. The van der Waals surface area contributed by atoms with E-state index in [-0.39, 0.29) is 13.2 Å². The van der Waals surface area contributed by atoms with Gasteiger partial charge < -0.3 is 35.2 Å². The summed E-state index contributed by atoms with van der Waals surface area (Å²) in [5.41, 5.74) is 0. The first-order valence-electron chi connectivity index (χ1n) is 5.63. The molecule has 0 aromatic heterocycles. The van der Waals surface area contributed by atoms with Crippen molar-refractivity contribution in [3.05, 3.63) is 0 Å². The summed E-state index contributed by atoms with van der Waals surface area (Å²) in [6, 6.07) is -0.966. The monoisotopic (exact) mass is 265 g/mol. The SMILES string of the molecule is CC(=O)N[C@H]1C(OCCO)O[C@H](CO)[C@H](O)[C@@H]1O. The zero-order chi connectivity index (χ0) is 13.7. The van der Waals surface area contributed by atoms with Crippen molar-refractivity contribution >= 4 is 5.91 Å². The van der Waals surface area contributed by atoms with Gasteiger partial charge in [-0.05, 0) is 0 Å². The van der Waals surface area contributed by atoms with E-state index in [1.807, 2.05) is 0 Å². The van der Waals surface area contributed by atoms with Gasteiger partial charge in [-0.25, -0.2) is 0 Å². The Morgan fingerprint density at radius 3 is 2.50 bits per heavy atom. The fraction of sp³-hybridized carbons (Fsp3) is 0.900. The van der Waals surface area contributed by atoms with Crippen LogP contribution in [-0.2, 0) is 14.3 Å². The van der Waals surface area contributed by atoms with E-state index < -0.39 is 43.2 Å². The summed E-state index contributed by atoms with van der Waals surface area (Å²) in [5.74, 6) is -0.421. The van der Waals surface area contributed by atoms with Crippen LogP contribution in [0.1, 0.15) is 6.92 Å². The number of hydrogen-bond acceptors (Lipinski definition) is 7. The molecule has 0 aromatic rings. The molecular weight excluding hydrogens is 246 g/mol. The average Bonchev–Trinajstić information content (AvgIpc) is 2.33. The summed E-state index contributed by atoms with van der Waals surface area (Å²) < 4.78 is 10.4. The van der Waals surface area contributed by atoms with E-state index in [4.69, 9.17) is 19.7 Å². The maximum Gasteiger partial charge on any atom is 0.217 e. The number of amides is 1. The summed E-state index contributed by atoms with van der Waals surface area (Å²) >= 11 is 0. The van der Waals surface area contributed by atoms with Crippen LogP contribution in [0.4, 0.5) is 0 Å². The van der Waals surface area contributed by atoms with Crippen LogP contribution in [0.15, 0.2) is 0 Å². The van der Waals surface area contributed by atoms with Crippen LogP contribution in [0.3, 0.4) is 0 Å². The first kappa shape index (κ1) is 15.3. The second-order valence-corrected chi connectivity index (χ2v) is 4.03. The van der Waals surface area contributed by atoms with Crippen LogP contribution in [0.2, 0.25) is 0 Å². The van der Waals surface area contributed by atoms with Gasteiger partial charge in [0.2, 0.25) is 5.91 Å². The van der Waals surface area contributed by atoms with Crippen molar-refractivity contribution in [3.63, 3.8) is 0 Å². The van der Waals surface area contributed by atoms with E-state index in [9.17, 15) is 15.0 Å². The van der Waals surface area contributed by atoms with Gasteiger partial charge in [0, 0.05) is 6.92 Å². The highest BCUT2D eigenvalue weighted by Gasteiger charge is 2.45. The highest BCUT2D eigenvalue weighted by atomic mass is 16.7. The lowest BCUT2D eigenvalue weighted by molar-refractivity contribution is -0.271. The van der Waals surface area contributed by atoms with Gasteiger partial charge in [0.25, 0.3) is 0 Å². The Bertz CT molecular complexity index is 275. The predicted octanol–water partition coefficient (Wildman–Crippen LogP) is -3.06. The van der Waals surface area contributed by atoms with Crippen molar-refractivity contribution in [2.45, 2.75) is 37.6 Å². The molecule has 5 N–H and O–H groups in total. The molecule has 1 aliphatic rings. The van der Waals surface area contributed by atoms with Gasteiger partial charge in [-0.1, -0.05) is 0 Å². The fourth-order valence-electron chi connectivity index (χ4n) is 1.78. The maximum atomic E-state index is 11.0. The van der Waals surface area contributed by atoms with E-state index in [0.717, 1.165) is 0 Å². The number of aliphatic hydroxyl groups excluding tert-OH is 4. The fourth-order valence-corrected chi connectivity index (χ4v) is 1.78. The van der Waals surface area contributed by atoms with Crippen LogP contribution < -0.4 is 5.32 Å². The van der Waals surface area contributed by atoms with Crippen molar-refractivity contribution in [3.8, 4) is 0 Å². The van der Waals surface area contributed by atoms with Crippen LogP contribution in [0, 0.1) is 0 Å². The Kier molecular flexibility index (Phi) is 5.93. The largest absolute Gasteiger partial charge is 0.394 e. The summed E-state index contributed by atoms with van der Waals surface area (Å²) in [7, 11) is 0. The minimum atomic E-state index is -1.33. The van der Waals surface area contributed by atoms with Gasteiger partial charge in [0.05, 0.1) is 19.8 Å². The zero-order valence-electron chi connectivity index (χ0n) is 10.0.